The van der Waals surface area contributed by atoms with Gasteiger partial charge in [-0.25, -0.2) is 4.98 Å². The van der Waals surface area contributed by atoms with Crippen molar-refractivity contribution in [2.75, 3.05) is 31.0 Å². The van der Waals surface area contributed by atoms with Gasteiger partial charge in [-0.1, -0.05) is 30.3 Å². The van der Waals surface area contributed by atoms with Crippen LogP contribution in [0.1, 0.15) is 22.2 Å². The third-order valence-electron chi connectivity index (χ3n) is 6.73. The first kappa shape index (κ1) is 23.4. The molecule has 1 aliphatic heterocycles. The van der Waals surface area contributed by atoms with Crippen LogP contribution in [0.5, 0.6) is 5.75 Å². The summed E-state index contributed by atoms with van der Waals surface area (Å²) in [6, 6.07) is 20.6. The first-order valence-electron chi connectivity index (χ1n) is 12.0. The van der Waals surface area contributed by atoms with Gasteiger partial charge in [-0.05, 0) is 42.0 Å². The average Bonchev–Trinajstić information content (AvgIpc) is 3.62. The van der Waals surface area contributed by atoms with Crippen LogP contribution < -0.4 is 14.5 Å². The maximum absolute atomic E-state index is 13.8. The molecule has 1 unspecified atom stereocenters. The molecule has 5 aromatic rings. The number of hydrogen-bond acceptors (Lipinski definition) is 7. The first-order valence-corrected chi connectivity index (χ1v) is 12.0. The number of imidazole rings is 1. The van der Waals surface area contributed by atoms with Gasteiger partial charge in [0.05, 0.1) is 29.8 Å². The summed E-state index contributed by atoms with van der Waals surface area (Å²) in [7, 11) is 5.41. The number of benzene rings is 3. The molecule has 0 saturated heterocycles. The second-order valence-electron chi connectivity index (χ2n) is 9.25. The van der Waals surface area contributed by atoms with E-state index in [9.17, 15) is 14.7 Å². The molecule has 3 heterocycles. The molecule has 3 aromatic carbocycles. The van der Waals surface area contributed by atoms with Crippen LogP contribution in [0.2, 0.25) is 0 Å². The summed E-state index contributed by atoms with van der Waals surface area (Å²) in [5, 5.41) is 11.8. The molecule has 9 nitrogen and oxygen atoms in total. The first-order chi connectivity index (χ1) is 18.4. The zero-order valence-electron chi connectivity index (χ0n) is 20.9. The molecule has 0 radical (unpaired) electrons. The monoisotopic (exact) mass is 508 g/mol. The second kappa shape index (κ2) is 8.81. The van der Waals surface area contributed by atoms with E-state index in [-0.39, 0.29) is 17.3 Å². The number of ketones is 1. The molecule has 1 aliphatic rings. The van der Waals surface area contributed by atoms with Gasteiger partial charge in [0.2, 0.25) is 11.7 Å². The van der Waals surface area contributed by atoms with E-state index in [1.54, 1.807) is 37.4 Å². The van der Waals surface area contributed by atoms with Gasteiger partial charge in [-0.2, -0.15) is 0 Å². The number of carbonyl (C=O) groups is 2. The van der Waals surface area contributed by atoms with Gasteiger partial charge in [0.15, 0.2) is 11.5 Å². The van der Waals surface area contributed by atoms with Gasteiger partial charge < -0.3 is 24.1 Å². The van der Waals surface area contributed by atoms with E-state index < -0.39 is 23.5 Å². The fourth-order valence-corrected chi connectivity index (χ4v) is 4.77. The predicted octanol–water partition coefficient (Wildman–Crippen LogP) is 5.17. The highest BCUT2D eigenvalue weighted by Crippen LogP contribution is 2.42. The second-order valence-corrected chi connectivity index (χ2v) is 9.25. The average molecular weight is 509 g/mol. The van der Waals surface area contributed by atoms with E-state index in [4.69, 9.17) is 9.15 Å². The molecule has 190 valence electrons. The molecule has 1 amide bonds. The van der Waals surface area contributed by atoms with Crippen molar-refractivity contribution in [2.24, 2.45) is 0 Å². The topological polar surface area (TPSA) is 112 Å². The van der Waals surface area contributed by atoms with Gasteiger partial charge in [0.25, 0.3) is 5.91 Å². The molecule has 0 aliphatic carbocycles. The fraction of sp³-hybridized carbons (Fsp3) is 0.138. The van der Waals surface area contributed by atoms with Gasteiger partial charge in [-0.3, -0.25) is 14.5 Å². The number of hydrogen-bond donors (Lipinski definition) is 2. The number of nitrogens with zero attached hydrogens (tertiary/aromatic N) is 3. The highest BCUT2D eigenvalue weighted by molar-refractivity contribution is 6.20. The number of aromatic nitrogens is 2. The van der Waals surface area contributed by atoms with Crippen molar-refractivity contribution >= 4 is 45.3 Å². The number of amides is 1. The van der Waals surface area contributed by atoms with Crippen LogP contribution in [-0.4, -0.2) is 48.0 Å². The van der Waals surface area contributed by atoms with Gasteiger partial charge in [0, 0.05) is 31.2 Å². The fourth-order valence-electron chi connectivity index (χ4n) is 4.77. The minimum atomic E-state index is -0.943. The van der Waals surface area contributed by atoms with Crippen molar-refractivity contribution in [3.05, 3.63) is 95.5 Å². The summed E-state index contributed by atoms with van der Waals surface area (Å²) in [6.07, 6.45) is 0. The number of aliphatic hydroxyl groups is 1. The number of aromatic amines is 1. The molecule has 0 saturated carbocycles. The summed E-state index contributed by atoms with van der Waals surface area (Å²) < 4.78 is 11.1. The lowest BCUT2D eigenvalue weighted by molar-refractivity contribution is -0.117. The normalized spacial score (nSPS) is 15.6. The van der Waals surface area contributed by atoms with Crippen LogP contribution in [0.4, 0.5) is 11.6 Å². The van der Waals surface area contributed by atoms with Gasteiger partial charge in [-0.15, -0.1) is 0 Å². The predicted molar refractivity (Wildman–Crippen MR) is 144 cm³/mol. The molecule has 0 fully saturated rings. The Morgan fingerprint density at radius 3 is 2.55 bits per heavy atom. The maximum Gasteiger partial charge on any atom is 0.296 e. The van der Waals surface area contributed by atoms with Crippen molar-refractivity contribution in [1.29, 1.82) is 0 Å². The van der Waals surface area contributed by atoms with Crippen molar-refractivity contribution in [3.63, 3.8) is 0 Å². The number of nitrogens with one attached hydrogen (secondary N) is 1. The minimum absolute atomic E-state index is 0.0339. The number of rotatable bonds is 6. The van der Waals surface area contributed by atoms with Crippen LogP contribution >= 0.6 is 0 Å². The van der Waals surface area contributed by atoms with Crippen LogP contribution in [0.3, 0.4) is 0 Å². The number of furan rings is 1. The summed E-state index contributed by atoms with van der Waals surface area (Å²) in [6.45, 7) is 0. The number of para-hydroxylation sites is 1. The third kappa shape index (κ3) is 3.67. The Bertz CT molecular complexity index is 1710. The number of aliphatic hydroxyl groups excluding tert-OH is 1. The van der Waals surface area contributed by atoms with Gasteiger partial charge >= 0.3 is 0 Å². The Labute approximate surface area is 217 Å². The van der Waals surface area contributed by atoms with Gasteiger partial charge in [0.1, 0.15) is 11.3 Å². The Morgan fingerprint density at radius 1 is 1.08 bits per heavy atom. The highest BCUT2D eigenvalue weighted by Gasteiger charge is 2.46. The molecule has 0 spiro atoms. The number of anilines is 2. The van der Waals surface area contributed by atoms with Crippen molar-refractivity contribution in [2.45, 2.75) is 6.04 Å². The Hall–Kier alpha value is -5.05. The summed E-state index contributed by atoms with van der Waals surface area (Å²) in [5.41, 5.74) is 3.28. The molecular weight excluding hydrogens is 484 g/mol. The summed E-state index contributed by atoms with van der Waals surface area (Å²) >= 11 is 0. The molecule has 0 bridgehead atoms. The van der Waals surface area contributed by atoms with Crippen LogP contribution in [0.15, 0.2) is 88.5 Å². The van der Waals surface area contributed by atoms with Crippen molar-refractivity contribution in [3.8, 4) is 5.75 Å². The molecule has 9 heteroatoms. The molecule has 2 N–H and O–H groups in total. The Kier molecular flexibility index (Phi) is 5.41. The molecule has 38 heavy (non-hydrogen) atoms. The number of ether oxygens (including phenoxy) is 1. The van der Waals surface area contributed by atoms with Crippen molar-refractivity contribution in [1.82, 2.24) is 9.97 Å². The van der Waals surface area contributed by atoms with Crippen LogP contribution in [0, 0.1) is 0 Å². The Balaban J connectivity index is 1.50. The summed E-state index contributed by atoms with van der Waals surface area (Å²) in [5.74, 6) is -1.11. The SMILES string of the molecule is COc1ccc2nc(N3C(=O)C(O)=C(C(=O)c4cc5ccccc5o4)C3c3ccc(N(C)C)cc3)[nH]c2c1. The lowest BCUT2D eigenvalue weighted by Gasteiger charge is -2.25. The minimum Gasteiger partial charge on any atom is -0.503 e. The zero-order valence-corrected chi connectivity index (χ0v) is 20.9. The largest absolute Gasteiger partial charge is 0.503 e. The quantitative estimate of drug-likeness (QED) is 0.305. The van der Waals surface area contributed by atoms with E-state index in [1.807, 2.05) is 61.5 Å². The molecular formula is C29H24N4O5. The Morgan fingerprint density at radius 2 is 1.84 bits per heavy atom. The van der Waals surface area contributed by atoms with E-state index in [2.05, 4.69) is 9.97 Å². The van der Waals surface area contributed by atoms with Crippen LogP contribution in [0.25, 0.3) is 22.0 Å². The number of carbonyl (C=O) groups excluding carboxylic acids is 2. The van der Waals surface area contributed by atoms with E-state index in [0.717, 1.165) is 11.1 Å². The third-order valence-corrected chi connectivity index (χ3v) is 6.73. The van der Waals surface area contributed by atoms with Crippen LogP contribution in [-0.2, 0) is 4.79 Å². The molecule has 1 atom stereocenters. The van der Waals surface area contributed by atoms with E-state index in [1.165, 1.54) is 4.90 Å². The zero-order chi connectivity index (χ0) is 26.6. The number of H-pyrrole nitrogens is 1. The van der Waals surface area contributed by atoms with E-state index in [0.29, 0.717) is 27.9 Å². The lowest BCUT2D eigenvalue weighted by atomic mass is 9.95. The van der Waals surface area contributed by atoms with Crippen molar-refractivity contribution < 1.29 is 23.8 Å². The van der Waals surface area contributed by atoms with E-state index >= 15 is 0 Å². The maximum atomic E-state index is 13.8. The number of fused-ring (bicyclic) bond motifs is 2. The lowest BCUT2D eigenvalue weighted by Crippen LogP contribution is -2.32. The number of methoxy groups -OCH3 is 1. The standard InChI is InChI=1S/C29H24N4O5/c1-32(2)18-10-8-16(9-11-18)25-24(26(34)23-14-17-6-4-5-7-22(17)38-23)27(35)28(36)33(25)29-30-20-13-12-19(37-3)15-21(20)31-29/h4-15,25,35H,1-3H3,(H,30,31). The number of Topliss-reactive ketones (excluding diaryl/α,β-unsaturated/α-hetero) is 1. The smallest absolute Gasteiger partial charge is 0.296 e. The summed E-state index contributed by atoms with van der Waals surface area (Å²) in [4.78, 5) is 38.3. The highest BCUT2D eigenvalue weighted by atomic mass is 16.5. The molecule has 6 rings (SSSR count). The molecule has 2 aromatic heterocycles.